The van der Waals surface area contributed by atoms with Gasteiger partial charge in [-0.05, 0) is 56.2 Å². The van der Waals surface area contributed by atoms with Gasteiger partial charge in [-0.3, -0.25) is 4.79 Å². The van der Waals surface area contributed by atoms with Gasteiger partial charge >= 0.3 is 5.97 Å². The number of carbonyl (C=O) groups excluding carboxylic acids is 1. The van der Waals surface area contributed by atoms with Gasteiger partial charge in [0.05, 0.1) is 19.3 Å². The Labute approximate surface area is 196 Å². The summed E-state index contributed by atoms with van der Waals surface area (Å²) in [7, 11) is -0.444. The van der Waals surface area contributed by atoms with Crippen molar-refractivity contribution in [1.29, 1.82) is 0 Å². The molecule has 0 amide bonds. The average molecular weight is 473 g/mol. The summed E-state index contributed by atoms with van der Waals surface area (Å²) in [6.07, 6.45) is 8.78. The number of unbranched alkanes of at least 4 members (excludes halogenated alkanes) is 3. The molecule has 0 aromatic rings. The Bertz CT molecular complexity index is 555. The van der Waals surface area contributed by atoms with Gasteiger partial charge in [0, 0.05) is 32.0 Å². The maximum atomic E-state index is 11.3. The Morgan fingerprint density at radius 1 is 1.09 bits per heavy atom. The predicted molar refractivity (Wildman–Crippen MR) is 129 cm³/mol. The monoisotopic (exact) mass is 472 g/mol. The fraction of sp³-hybridized carbons (Fsp3) is 0.960. The van der Waals surface area contributed by atoms with Crippen molar-refractivity contribution in [3.8, 4) is 0 Å². The Balaban J connectivity index is 1.94. The lowest BCUT2D eigenvalue weighted by atomic mass is 9.89. The topological polar surface area (TPSA) is 74.2 Å². The molecule has 0 aromatic carbocycles. The summed E-state index contributed by atoms with van der Waals surface area (Å²) < 4.78 is 23.6. The molecule has 6 nitrogen and oxygen atoms in total. The van der Waals surface area contributed by atoms with Gasteiger partial charge in [-0.1, -0.05) is 40.0 Å². The van der Waals surface area contributed by atoms with Crippen LogP contribution in [0.5, 0.6) is 0 Å². The van der Waals surface area contributed by atoms with Crippen molar-refractivity contribution in [2.75, 3.05) is 20.3 Å². The quantitative estimate of drug-likeness (QED) is 0.232. The van der Waals surface area contributed by atoms with Gasteiger partial charge < -0.3 is 23.7 Å². The maximum absolute atomic E-state index is 11.3. The number of aliphatic hydroxyl groups is 1. The molecule has 1 saturated heterocycles. The number of carbonyl (C=O) groups is 1. The Morgan fingerprint density at radius 2 is 1.81 bits per heavy atom. The standard InChI is InChI=1S/C25H48O6Si/c1-25(2,3)32(5,6)30-18-20-19(13-9-7-8-10-14-23(27)28-4)21(26)17-22(20)31-24-15-11-12-16-29-24/h19-22,24,26H,7-18H2,1-6H3/t19-,20+,21+,22-,24?/m1/s1. The third kappa shape index (κ3) is 8.39. The molecular formula is C25H48O6Si. The summed E-state index contributed by atoms with van der Waals surface area (Å²) in [6.45, 7) is 12.8. The Kier molecular flexibility index (Phi) is 11.1. The Hall–Kier alpha value is -0.473. The molecule has 1 heterocycles. The first-order valence-corrected chi connectivity index (χ1v) is 15.6. The number of ether oxygens (including phenoxy) is 3. The zero-order valence-corrected chi connectivity index (χ0v) is 22.4. The van der Waals surface area contributed by atoms with Crippen LogP contribution in [-0.4, -0.2) is 58.2 Å². The first-order chi connectivity index (χ1) is 15.0. The maximum Gasteiger partial charge on any atom is 0.305 e. The predicted octanol–water partition coefficient (Wildman–Crippen LogP) is 5.43. The summed E-state index contributed by atoms with van der Waals surface area (Å²) in [5.41, 5.74) is 0. The molecule has 1 unspecified atom stereocenters. The SMILES string of the molecule is COC(=O)CCCCCC[C@@H]1[C@H](CO[Si](C)(C)C(C)(C)C)[C@H](OC2CCCCO2)C[C@@H]1O. The van der Waals surface area contributed by atoms with Crippen LogP contribution in [0.3, 0.4) is 0 Å². The summed E-state index contributed by atoms with van der Waals surface area (Å²) >= 11 is 0. The molecule has 2 aliphatic rings. The van der Waals surface area contributed by atoms with E-state index in [1.54, 1.807) is 0 Å². The van der Waals surface area contributed by atoms with E-state index in [-0.39, 0.29) is 41.3 Å². The molecule has 2 rings (SSSR count). The van der Waals surface area contributed by atoms with Crippen molar-refractivity contribution in [1.82, 2.24) is 0 Å². The van der Waals surface area contributed by atoms with Crippen molar-refractivity contribution in [2.24, 2.45) is 11.8 Å². The van der Waals surface area contributed by atoms with E-state index in [0.29, 0.717) is 19.4 Å². The van der Waals surface area contributed by atoms with Gasteiger partial charge in [-0.25, -0.2) is 0 Å². The molecule has 188 valence electrons. The minimum atomic E-state index is -1.88. The van der Waals surface area contributed by atoms with Crippen LogP contribution in [0, 0.1) is 11.8 Å². The number of rotatable bonds is 12. The van der Waals surface area contributed by atoms with Crippen LogP contribution in [0.2, 0.25) is 18.1 Å². The first kappa shape index (κ1) is 27.8. The van der Waals surface area contributed by atoms with Gasteiger partial charge in [-0.2, -0.15) is 0 Å². The van der Waals surface area contributed by atoms with Gasteiger partial charge in [0.1, 0.15) is 0 Å². The lowest BCUT2D eigenvalue weighted by Gasteiger charge is -2.38. The molecule has 0 spiro atoms. The van der Waals surface area contributed by atoms with Crippen LogP contribution in [0.1, 0.15) is 85.0 Å². The number of methoxy groups -OCH3 is 1. The van der Waals surface area contributed by atoms with Gasteiger partial charge in [0.2, 0.25) is 0 Å². The minimum Gasteiger partial charge on any atom is -0.469 e. The van der Waals surface area contributed by atoms with Crippen molar-refractivity contribution < 1.29 is 28.5 Å². The molecule has 1 aliphatic carbocycles. The molecule has 7 heteroatoms. The number of esters is 1. The van der Waals surface area contributed by atoms with E-state index in [9.17, 15) is 9.90 Å². The lowest BCUT2D eigenvalue weighted by molar-refractivity contribution is -0.197. The lowest BCUT2D eigenvalue weighted by Crippen LogP contribution is -2.44. The normalized spacial score (nSPS) is 29.3. The van der Waals surface area contributed by atoms with E-state index in [0.717, 1.165) is 58.0 Å². The van der Waals surface area contributed by atoms with E-state index < -0.39 is 8.32 Å². The van der Waals surface area contributed by atoms with Gasteiger partial charge in [-0.15, -0.1) is 0 Å². The smallest absolute Gasteiger partial charge is 0.305 e. The van der Waals surface area contributed by atoms with Gasteiger partial charge in [0.15, 0.2) is 14.6 Å². The molecule has 1 N–H and O–H groups in total. The molecular weight excluding hydrogens is 424 g/mol. The molecule has 0 aromatic heterocycles. The number of hydrogen-bond acceptors (Lipinski definition) is 6. The fourth-order valence-corrected chi connectivity index (χ4v) is 5.62. The highest BCUT2D eigenvalue weighted by Gasteiger charge is 2.46. The third-order valence-corrected chi connectivity index (χ3v) is 12.3. The third-order valence-electron chi connectivity index (χ3n) is 7.80. The second kappa shape index (κ2) is 12.8. The van der Waals surface area contributed by atoms with Crippen LogP contribution < -0.4 is 0 Å². The van der Waals surface area contributed by atoms with Crippen LogP contribution in [0.15, 0.2) is 0 Å². The molecule has 1 aliphatic heterocycles. The second-order valence-electron chi connectivity index (χ2n) is 11.2. The summed E-state index contributed by atoms with van der Waals surface area (Å²) in [5.74, 6) is 0.248. The van der Waals surface area contributed by atoms with Crippen molar-refractivity contribution in [2.45, 2.75) is 122 Å². The molecule has 1 saturated carbocycles. The highest BCUT2D eigenvalue weighted by Crippen LogP contribution is 2.42. The molecule has 0 bridgehead atoms. The highest BCUT2D eigenvalue weighted by atomic mass is 28.4. The van der Waals surface area contributed by atoms with E-state index in [1.807, 2.05) is 0 Å². The number of hydrogen-bond donors (Lipinski definition) is 1. The van der Waals surface area contributed by atoms with Crippen LogP contribution in [0.4, 0.5) is 0 Å². The van der Waals surface area contributed by atoms with E-state index in [4.69, 9.17) is 18.6 Å². The largest absolute Gasteiger partial charge is 0.469 e. The van der Waals surface area contributed by atoms with Crippen molar-refractivity contribution in [3.05, 3.63) is 0 Å². The van der Waals surface area contributed by atoms with Crippen LogP contribution >= 0.6 is 0 Å². The molecule has 0 radical (unpaired) electrons. The van der Waals surface area contributed by atoms with E-state index in [1.165, 1.54) is 7.11 Å². The van der Waals surface area contributed by atoms with E-state index in [2.05, 4.69) is 33.9 Å². The first-order valence-electron chi connectivity index (χ1n) is 12.7. The van der Waals surface area contributed by atoms with Crippen LogP contribution in [-0.2, 0) is 23.4 Å². The minimum absolute atomic E-state index is 0.0119. The van der Waals surface area contributed by atoms with E-state index >= 15 is 0 Å². The fourth-order valence-electron chi connectivity index (χ4n) is 4.58. The number of aliphatic hydroxyl groups excluding tert-OH is 1. The van der Waals surface area contributed by atoms with Crippen molar-refractivity contribution >= 4 is 14.3 Å². The van der Waals surface area contributed by atoms with Gasteiger partial charge in [0.25, 0.3) is 0 Å². The second-order valence-corrected chi connectivity index (χ2v) is 16.0. The Morgan fingerprint density at radius 3 is 2.44 bits per heavy atom. The molecule has 32 heavy (non-hydrogen) atoms. The zero-order valence-electron chi connectivity index (χ0n) is 21.4. The average Bonchev–Trinajstić information content (AvgIpc) is 3.02. The molecule has 2 fully saturated rings. The highest BCUT2D eigenvalue weighted by molar-refractivity contribution is 6.74. The zero-order chi connectivity index (χ0) is 23.8. The summed E-state index contributed by atoms with van der Waals surface area (Å²) in [5, 5.41) is 11.1. The summed E-state index contributed by atoms with van der Waals surface area (Å²) in [4.78, 5) is 11.3. The van der Waals surface area contributed by atoms with Crippen molar-refractivity contribution in [3.63, 3.8) is 0 Å². The summed E-state index contributed by atoms with van der Waals surface area (Å²) in [6, 6.07) is 0. The van der Waals surface area contributed by atoms with Crippen LogP contribution in [0.25, 0.3) is 0 Å². The molecule has 5 atom stereocenters.